The molecular formula is C10H14N4O3S2. The van der Waals surface area contributed by atoms with Gasteiger partial charge in [0.25, 0.3) is 0 Å². The van der Waals surface area contributed by atoms with Crippen LogP contribution in [0.1, 0.15) is 16.6 Å². The number of hydrogen-bond acceptors (Lipinski definition) is 7. The molecule has 9 heteroatoms. The minimum atomic E-state index is -3.49. The highest BCUT2D eigenvalue weighted by molar-refractivity contribution is 7.91. The van der Waals surface area contributed by atoms with Crippen molar-refractivity contribution in [2.24, 2.45) is 5.73 Å². The molecular weight excluding hydrogens is 288 g/mol. The van der Waals surface area contributed by atoms with Crippen LogP contribution in [0.2, 0.25) is 0 Å². The third-order valence-corrected chi connectivity index (χ3v) is 5.37. The van der Waals surface area contributed by atoms with Crippen LogP contribution >= 0.6 is 11.3 Å². The SMILES string of the molecule is Cc1nc(CCNS(=O)(=O)c2ccc(CN)s2)no1. The molecule has 7 nitrogen and oxygen atoms in total. The van der Waals surface area contributed by atoms with E-state index < -0.39 is 10.0 Å². The summed E-state index contributed by atoms with van der Waals surface area (Å²) >= 11 is 1.16. The summed E-state index contributed by atoms with van der Waals surface area (Å²) in [6, 6.07) is 3.26. The van der Waals surface area contributed by atoms with Crippen molar-refractivity contribution in [2.75, 3.05) is 6.54 Å². The molecule has 0 spiro atoms. The van der Waals surface area contributed by atoms with Crippen molar-refractivity contribution >= 4 is 21.4 Å². The van der Waals surface area contributed by atoms with Crippen molar-refractivity contribution in [3.05, 3.63) is 28.7 Å². The number of nitrogens with two attached hydrogens (primary N) is 1. The number of hydrogen-bond donors (Lipinski definition) is 2. The summed E-state index contributed by atoms with van der Waals surface area (Å²) in [7, 11) is -3.49. The topological polar surface area (TPSA) is 111 Å². The molecule has 0 unspecified atom stereocenters. The van der Waals surface area contributed by atoms with Gasteiger partial charge in [-0.1, -0.05) is 5.16 Å². The molecule has 0 saturated heterocycles. The Balaban J connectivity index is 1.94. The molecule has 0 aliphatic carbocycles. The van der Waals surface area contributed by atoms with Gasteiger partial charge in [0.15, 0.2) is 5.82 Å². The number of aryl methyl sites for hydroxylation is 1. The first kappa shape index (κ1) is 14.1. The van der Waals surface area contributed by atoms with Crippen LogP contribution in [0.4, 0.5) is 0 Å². The van der Waals surface area contributed by atoms with Gasteiger partial charge in [0.2, 0.25) is 15.9 Å². The Kier molecular flexibility index (Phi) is 4.30. The molecule has 2 aromatic heterocycles. The molecule has 0 aromatic carbocycles. The van der Waals surface area contributed by atoms with Crippen molar-refractivity contribution < 1.29 is 12.9 Å². The van der Waals surface area contributed by atoms with E-state index in [9.17, 15) is 8.42 Å². The highest BCUT2D eigenvalue weighted by Crippen LogP contribution is 2.20. The van der Waals surface area contributed by atoms with Crippen LogP contribution < -0.4 is 10.5 Å². The highest BCUT2D eigenvalue weighted by atomic mass is 32.2. The number of nitrogens with zero attached hydrogens (tertiary/aromatic N) is 2. The van der Waals surface area contributed by atoms with Gasteiger partial charge in [0, 0.05) is 31.3 Å². The Hall–Kier alpha value is -1.29. The van der Waals surface area contributed by atoms with Crippen LogP contribution in [0.3, 0.4) is 0 Å². The number of sulfonamides is 1. The second kappa shape index (κ2) is 5.78. The predicted molar refractivity (Wildman–Crippen MR) is 70.1 cm³/mol. The Morgan fingerprint density at radius 3 is 2.84 bits per heavy atom. The first-order chi connectivity index (χ1) is 9.01. The maximum atomic E-state index is 12.0. The van der Waals surface area contributed by atoms with Gasteiger partial charge in [0.05, 0.1) is 0 Å². The Labute approximate surface area is 114 Å². The van der Waals surface area contributed by atoms with E-state index in [0.29, 0.717) is 24.7 Å². The fourth-order valence-corrected chi connectivity index (χ4v) is 3.73. The lowest BCUT2D eigenvalue weighted by molar-refractivity contribution is 0.387. The fraction of sp³-hybridized carbons (Fsp3) is 0.400. The lowest BCUT2D eigenvalue weighted by Crippen LogP contribution is -2.25. The monoisotopic (exact) mass is 302 g/mol. The van der Waals surface area contributed by atoms with Crippen LogP contribution in [0.15, 0.2) is 20.9 Å². The third kappa shape index (κ3) is 3.60. The van der Waals surface area contributed by atoms with Crippen LogP contribution in [0.25, 0.3) is 0 Å². The summed E-state index contributed by atoms with van der Waals surface area (Å²) in [6.45, 7) is 2.24. The molecule has 0 aliphatic heterocycles. The smallest absolute Gasteiger partial charge is 0.250 e. The van der Waals surface area contributed by atoms with Gasteiger partial charge in [-0.15, -0.1) is 11.3 Å². The normalized spacial score (nSPS) is 11.9. The highest BCUT2D eigenvalue weighted by Gasteiger charge is 2.16. The zero-order valence-electron chi connectivity index (χ0n) is 10.3. The molecule has 2 aromatic rings. The summed E-state index contributed by atoms with van der Waals surface area (Å²) < 4.78 is 31.5. The number of aromatic nitrogens is 2. The molecule has 19 heavy (non-hydrogen) atoms. The molecule has 0 radical (unpaired) electrons. The van der Waals surface area contributed by atoms with E-state index in [1.807, 2.05) is 0 Å². The summed E-state index contributed by atoms with van der Waals surface area (Å²) in [5.41, 5.74) is 5.45. The van der Waals surface area contributed by atoms with Gasteiger partial charge in [0.1, 0.15) is 4.21 Å². The number of thiophene rings is 1. The number of rotatable bonds is 6. The molecule has 0 bridgehead atoms. The van der Waals surface area contributed by atoms with E-state index in [0.717, 1.165) is 16.2 Å². The van der Waals surface area contributed by atoms with Crippen LogP contribution in [-0.2, 0) is 23.0 Å². The molecule has 104 valence electrons. The van der Waals surface area contributed by atoms with Crippen molar-refractivity contribution in [1.82, 2.24) is 14.9 Å². The standard InChI is InChI=1S/C10H14N4O3S2/c1-7-13-9(14-17-7)4-5-12-19(15,16)10-3-2-8(6-11)18-10/h2-3,12H,4-6,11H2,1H3. The van der Waals surface area contributed by atoms with E-state index in [-0.39, 0.29) is 10.8 Å². The lowest BCUT2D eigenvalue weighted by atomic mass is 10.4. The van der Waals surface area contributed by atoms with Crippen LogP contribution in [-0.4, -0.2) is 25.1 Å². The largest absolute Gasteiger partial charge is 0.340 e. The average Bonchev–Trinajstić information content (AvgIpc) is 2.98. The van der Waals surface area contributed by atoms with Gasteiger partial charge in [-0.25, -0.2) is 13.1 Å². The second-order valence-electron chi connectivity index (χ2n) is 3.80. The third-order valence-electron chi connectivity index (χ3n) is 2.31. The molecule has 0 aliphatic rings. The Morgan fingerprint density at radius 1 is 1.47 bits per heavy atom. The summed E-state index contributed by atoms with van der Waals surface area (Å²) in [6.07, 6.45) is 0.381. The molecule has 0 fully saturated rings. The minimum absolute atomic E-state index is 0.219. The van der Waals surface area contributed by atoms with E-state index >= 15 is 0 Å². The quantitative estimate of drug-likeness (QED) is 0.800. The van der Waals surface area contributed by atoms with E-state index in [4.69, 9.17) is 10.3 Å². The summed E-state index contributed by atoms with van der Waals surface area (Å²) in [5.74, 6) is 0.942. The molecule has 2 rings (SSSR count). The van der Waals surface area contributed by atoms with Crippen LogP contribution in [0, 0.1) is 6.92 Å². The van der Waals surface area contributed by atoms with Gasteiger partial charge >= 0.3 is 0 Å². The molecule has 2 heterocycles. The van der Waals surface area contributed by atoms with Gasteiger partial charge in [-0.05, 0) is 12.1 Å². The Bertz CT molecular complexity index is 647. The van der Waals surface area contributed by atoms with Crippen molar-refractivity contribution in [2.45, 2.75) is 24.1 Å². The fourth-order valence-electron chi connectivity index (χ4n) is 1.42. The maximum absolute atomic E-state index is 12.0. The molecule has 0 atom stereocenters. The van der Waals surface area contributed by atoms with Crippen LogP contribution in [0.5, 0.6) is 0 Å². The Morgan fingerprint density at radius 2 is 2.26 bits per heavy atom. The first-order valence-electron chi connectivity index (χ1n) is 5.59. The van der Waals surface area contributed by atoms with Crippen molar-refractivity contribution in [1.29, 1.82) is 0 Å². The van der Waals surface area contributed by atoms with Crippen molar-refractivity contribution in [3.63, 3.8) is 0 Å². The van der Waals surface area contributed by atoms with Crippen molar-refractivity contribution in [3.8, 4) is 0 Å². The molecule has 3 N–H and O–H groups in total. The zero-order chi connectivity index (χ0) is 13.9. The molecule has 0 amide bonds. The minimum Gasteiger partial charge on any atom is -0.340 e. The first-order valence-corrected chi connectivity index (χ1v) is 7.89. The summed E-state index contributed by atoms with van der Waals surface area (Å²) in [4.78, 5) is 4.82. The van der Waals surface area contributed by atoms with Gasteiger partial charge in [-0.2, -0.15) is 4.98 Å². The van der Waals surface area contributed by atoms with E-state index in [1.54, 1.807) is 19.1 Å². The molecule has 0 saturated carbocycles. The summed E-state index contributed by atoms with van der Waals surface area (Å²) in [5, 5.41) is 3.69. The average molecular weight is 302 g/mol. The lowest BCUT2D eigenvalue weighted by Gasteiger charge is -2.02. The number of nitrogens with one attached hydrogen (secondary N) is 1. The predicted octanol–water partition coefficient (Wildman–Crippen LogP) is 0.419. The van der Waals surface area contributed by atoms with Gasteiger partial charge < -0.3 is 10.3 Å². The van der Waals surface area contributed by atoms with Gasteiger partial charge in [-0.3, -0.25) is 0 Å². The maximum Gasteiger partial charge on any atom is 0.250 e. The van der Waals surface area contributed by atoms with E-state index in [1.165, 1.54) is 0 Å². The van der Waals surface area contributed by atoms with E-state index in [2.05, 4.69) is 14.9 Å². The zero-order valence-corrected chi connectivity index (χ0v) is 11.9. The second-order valence-corrected chi connectivity index (χ2v) is 6.96.